The van der Waals surface area contributed by atoms with Crippen LogP contribution < -0.4 is 5.32 Å². The highest BCUT2D eigenvalue weighted by Gasteiger charge is 2.02. The minimum atomic E-state index is -0.429. The summed E-state index contributed by atoms with van der Waals surface area (Å²) in [7, 11) is 1.58. The second-order valence-corrected chi connectivity index (χ2v) is 5.07. The van der Waals surface area contributed by atoms with Crippen LogP contribution in [0.5, 0.6) is 0 Å². The van der Waals surface area contributed by atoms with E-state index in [1.54, 1.807) is 18.4 Å². The van der Waals surface area contributed by atoms with Gasteiger partial charge in [0.2, 0.25) is 0 Å². The monoisotopic (exact) mass is 249 g/mol. The molecule has 1 unspecified atom stereocenters. The smallest absolute Gasteiger partial charge is 0.0931 e. The molecule has 0 amide bonds. The number of rotatable bonds is 7. The van der Waals surface area contributed by atoms with Crippen molar-refractivity contribution in [3.63, 3.8) is 0 Å². The normalized spacial score (nSPS) is 13.0. The molecular formula is C10H16ClNO2S. The zero-order chi connectivity index (χ0) is 11.1. The van der Waals surface area contributed by atoms with Gasteiger partial charge < -0.3 is 15.2 Å². The molecule has 0 saturated heterocycles. The molecule has 1 rings (SSSR count). The van der Waals surface area contributed by atoms with Crippen LogP contribution in [0.4, 0.5) is 0 Å². The number of nitrogens with one attached hydrogen (secondary N) is 1. The lowest BCUT2D eigenvalue weighted by Crippen LogP contribution is -2.31. The number of thiophene rings is 1. The Morgan fingerprint density at radius 1 is 1.60 bits per heavy atom. The van der Waals surface area contributed by atoms with E-state index in [-0.39, 0.29) is 0 Å². The highest BCUT2D eigenvalue weighted by molar-refractivity contribution is 7.16. The fourth-order valence-corrected chi connectivity index (χ4v) is 2.30. The molecule has 0 aliphatic heterocycles. The summed E-state index contributed by atoms with van der Waals surface area (Å²) < 4.78 is 5.64. The van der Waals surface area contributed by atoms with Gasteiger partial charge in [-0.3, -0.25) is 0 Å². The second kappa shape index (κ2) is 7.19. The van der Waals surface area contributed by atoms with Crippen molar-refractivity contribution in [1.29, 1.82) is 0 Å². The number of aliphatic hydroxyl groups excluding tert-OH is 1. The van der Waals surface area contributed by atoms with Gasteiger partial charge in [-0.15, -0.1) is 11.3 Å². The van der Waals surface area contributed by atoms with E-state index in [9.17, 15) is 5.11 Å². The SMILES string of the molecule is COCC(O)CNCCc1ccc(Cl)s1. The fourth-order valence-electron chi connectivity index (χ4n) is 1.22. The maximum Gasteiger partial charge on any atom is 0.0931 e. The van der Waals surface area contributed by atoms with E-state index in [0.717, 1.165) is 17.3 Å². The lowest BCUT2D eigenvalue weighted by atomic mass is 10.3. The molecule has 15 heavy (non-hydrogen) atoms. The zero-order valence-corrected chi connectivity index (χ0v) is 10.3. The van der Waals surface area contributed by atoms with Crippen molar-refractivity contribution >= 4 is 22.9 Å². The summed E-state index contributed by atoms with van der Waals surface area (Å²) in [6.07, 6.45) is 0.513. The van der Waals surface area contributed by atoms with Gasteiger partial charge in [0, 0.05) is 25.1 Å². The van der Waals surface area contributed by atoms with Gasteiger partial charge in [0.25, 0.3) is 0 Å². The molecule has 1 atom stereocenters. The summed E-state index contributed by atoms with van der Waals surface area (Å²) in [5, 5.41) is 12.5. The van der Waals surface area contributed by atoms with Crippen LogP contribution in [0.3, 0.4) is 0 Å². The summed E-state index contributed by atoms with van der Waals surface area (Å²) in [6.45, 7) is 1.78. The van der Waals surface area contributed by atoms with Crippen LogP contribution in [0, 0.1) is 0 Å². The fraction of sp³-hybridized carbons (Fsp3) is 0.600. The molecule has 0 aliphatic rings. The molecule has 1 aromatic heterocycles. The maximum atomic E-state index is 9.34. The summed E-state index contributed by atoms with van der Waals surface area (Å²) in [5.41, 5.74) is 0. The molecule has 1 aromatic rings. The number of halogens is 1. The van der Waals surface area contributed by atoms with Crippen molar-refractivity contribution in [1.82, 2.24) is 5.32 Å². The standard InChI is InChI=1S/C10H16ClNO2S/c1-14-7-8(13)6-12-5-4-9-2-3-10(11)15-9/h2-3,8,12-13H,4-7H2,1H3. The van der Waals surface area contributed by atoms with Crippen LogP contribution in [-0.4, -0.2) is 38.0 Å². The predicted molar refractivity (Wildman–Crippen MR) is 63.8 cm³/mol. The van der Waals surface area contributed by atoms with Crippen LogP contribution in [-0.2, 0) is 11.2 Å². The molecule has 0 aliphatic carbocycles. The van der Waals surface area contributed by atoms with Crippen molar-refractivity contribution in [3.05, 3.63) is 21.3 Å². The molecule has 0 spiro atoms. The largest absolute Gasteiger partial charge is 0.389 e. The van der Waals surface area contributed by atoms with Crippen LogP contribution in [0.25, 0.3) is 0 Å². The van der Waals surface area contributed by atoms with Gasteiger partial charge in [-0.2, -0.15) is 0 Å². The van der Waals surface area contributed by atoms with Crippen LogP contribution in [0.2, 0.25) is 4.34 Å². The van der Waals surface area contributed by atoms with E-state index in [2.05, 4.69) is 5.32 Å². The quantitative estimate of drug-likeness (QED) is 0.721. The molecule has 0 aromatic carbocycles. The van der Waals surface area contributed by atoms with Crippen LogP contribution in [0.15, 0.2) is 12.1 Å². The van der Waals surface area contributed by atoms with E-state index in [1.807, 2.05) is 12.1 Å². The molecule has 1 heterocycles. The summed E-state index contributed by atoms with van der Waals surface area (Å²) in [4.78, 5) is 1.26. The van der Waals surface area contributed by atoms with Gasteiger partial charge in [0.1, 0.15) is 0 Å². The number of ether oxygens (including phenoxy) is 1. The first kappa shape index (κ1) is 12.9. The zero-order valence-electron chi connectivity index (χ0n) is 8.70. The Balaban J connectivity index is 2.06. The topological polar surface area (TPSA) is 41.5 Å². The first-order chi connectivity index (χ1) is 7.22. The van der Waals surface area contributed by atoms with Crippen molar-refractivity contribution in [3.8, 4) is 0 Å². The number of hydrogen-bond donors (Lipinski definition) is 2. The first-order valence-corrected chi connectivity index (χ1v) is 6.03. The average Bonchev–Trinajstić information content (AvgIpc) is 2.60. The van der Waals surface area contributed by atoms with Gasteiger partial charge >= 0.3 is 0 Å². The van der Waals surface area contributed by atoms with E-state index < -0.39 is 6.10 Å². The van der Waals surface area contributed by atoms with Crippen LogP contribution >= 0.6 is 22.9 Å². The number of hydrogen-bond acceptors (Lipinski definition) is 4. The van der Waals surface area contributed by atoms with Gasteiger partial charge in [-0.05, 0) is 18.6 Å². The predicted octanol–water partition coefficient (Wildman–Crippen LogP) is 1.54. The van der Waals surface area contributed by atoms with Gasteiger partial charge in [-0.25, -0.2) is 0 Å². The van der Waals surface area contributed by atoms with Crippen molar-refractivity contribution in [2.45, 2.75) is 12.5 Å². The third kappa shape index (κ3) is 5.49. The minimum absolute atomic E-state index is 0.373. The van der Waals surface area contributed by atoms with E-state index in [4.69, 9.17) is 16.3 Å². The molecular weight excluding hydrogens is 234 g/mol. The van der Waals surface area contributed by atoms with Crippen LogP contribution in [0.1, 0.15) is 4.88 Å². The third-order valence-electron chi connectivity index (χ3n) is 1.92. The highest BCUT2D eigenvalue weighted by atomic mass is 35.5. The molecule has 0 bridgehead atoms. The van der Waals surface area contributed by atoms with Crippen molar-refractivity contribution in [2.24, 2.45) is 0 Å². The Morgan fingerprint density at radius 2 is 2.40 bits per heavy atom. The van der Waals surface area contributed by atoms with Gasteiger partial charge in [0.15, 0.2) is 0 Å². The summed E-state index contributed by atoms with van der Waals surface area (Å²) >= 11 is 7.40. The molecule has 2 N–H and O–H groups in total. The molecule has 3 nitrogen and oxygen atoms in total. The molecule has 0 fully saturated rings. The average molecular weight is 250 g/mol. The molecule has 0 saturated carbocycles. The Hall–Kier alpha value is -0.130. The lowest BCUT2D eigenvalue weighted by Gasteiger charge is -2.09. The Morgan fingerprint density at radius 3 is 3.00 bits per heavy atom. The maximum absolute atomic E-state index is 9.34. The Kier molecular flexibility index (Phi) is 6.20. The van der Waals surface area contributed by atoms with Crippen molar-refractivity contribution < 1.29 is 9.84 Å². The highest BCUT2D eigenvalue weighted by Crippen LogP contribution is 2.21. The summed E-state index contributed by atoms with van der Waals surface area (Å²) in [6, 6.07) is 3.93. The minimum Gasteiger partial charge on any atom is -0.389 e. The first-order valence-electron chi connectivity index (χ1n) is 4.84. The lowest BCUT2D eigenvalue weighted by molar-refractivity contribution is 0.0648. The molecule has 5 heteroatoms. The van der Waals surface area contributed by atoms with Gasteiger partial charge in [0.05, 0.1) is 17.0 Å². The van der Waals surface area contributed by atoms with Crippen molar-refractivity contribution in [2.75, 3.05) is 26.8 Å². The third-order valence-corrected chi connectivity index (χ3v) is 3.21. The Bertz CT molecular complexity index is 280. The van der Waals surface area contributed by atoms with E-state index in [0.29, 0.717) is 13.2 Å². The summed E-state index contributed by atoms with van der Waals surface area (Å²) in [5.74, 6) is 0. The van der Waals surface area contributed by atoms with E-state index in [1.165, 1.54) is 4.88 Å². The number of methoxy groups -OCH3 is 1. The molecule has 86 valence electrons. The number of aliphatic hydroxyl groups is 1. The van der Waals surface area contributed by atoms with E-state index >= 15 is 0 Å². The second-order valence-electron chi connectivity index (χ2n) is 3.27. The molecule has 0 radical (unpaired) electrons. The van der Waals surface area contributed by atoms with Gasteiger partial charge in [-0.1, -0.05) is 11.6 Å². The Labute approximate surface area is 99.0 Å².